The highest BCUT2D eigenvalue weighted by atomic mass is 79.9. The molecule has 0 bridgehead atoms. The summed E-state index contributed by atoms with van der Waals surface area (Å²) in [6.45, 7) is 0. The molecule has 0 aliphatic rings. The Morgan fingerprint density at radius 2 is 2.00 bits per heavy atom. The first kappa shape index (κ1) is 12.9. The van der Waals surface area contributed by atoms with Gasteiger partial charge in [0.05, 0.1) is 4.92 Å². The molecule has 0 aliphatic heterocycles. The second-order valence-corrected chi connectivity index (χ2v) is 4.78. The molecule has 4 nitrogen and oxygen atoms in total. The number of halogens is 2. The molecule has 0 aliphatic carbocycles. The largest absolute Gasteiger partial charge is 0.450 e. The van der Waals surface area contributed by atoms with Crippen molar-refractivity contribution in [3.05, 3.63) is 62.1 Å². The number of hydrogen-bond acceptors (Lipinski definition) is 3. The van der Waals surface area contributed by atoms with Crippen molar-refractivity contribution in [3.63, 3.8) is 0 Å². The SMILES string of the molecule is O=[N+]([O-])c1ccc(Cl)cc1Oc1cccc(Br)c1. The van der Waals surface area contributed by atoms with E-state index in [-0.39, 0.29) is 11.4 Å². The summed E-state index contributed by atoms with van der Waals surface area (Å²) in [6, 6.07) is 11.2. The Morgan fingerprint density at radius 1 is 1.22 bits per heavy atom. The first-order valence-electron chi connectivity index (χ1n) is 4.93. The molecule has 92 valence electrons. The quantitative estimate of drug-likeness (QED) is 0.600. The molecule has 0 unspecified atom stereocenters. The molecular formula is C12H7BrClNO3. The Hall–Kier alpha value is -1.59. The van der Waals surface area contributed by atoms with Crippen molar-refractivity contribution < 1.29 is 9.66 Å². The highest BCUT2D eigenvalue weighted by Crippen LogP contribution is 2.34. The van der Waals surface area contributed by atoms with Crippen LogP contribution in [0.3, 0.4) is 0 Å². The molecule has 0 N–H and O–H groups in total. The summed E-state index contributed by atoms with van der Waals surface area (Å²) in [7, 11) is 0. The van der Waals surface area contributed by atoms with E-state index in [1.165, 1.54) is 18.2 Å². The van der Waals surface area contributed by atoms with Gasteiger partial charge in [0.2, 0.25) is 5.75 Å². The summed E-state index contributed by atoms with van der Waals surface area (Å²) in [6.07, 6.45) is 0. The Kier molecular flexibility index (Phi) is 3.84. The van der Waals surface area contributed by atoms with E-state index in [1.807, 2.05) is 6.07 Å². The molecule has 6 heteroatoms. The van der Waals surface area contributed by atoms with Crippen molar-refractivity contribution in [2.75, 3.05) is 0 Å². The molecule has 0 spiro atoms. The maximum Gasteiger partial charge on any atom is 0.311 e. The fourth-order valence-corrected chi connectivity index (χ4v) is 1.92. The number of nitro groups is 1. The van der Waals surface area contributed by atoms with Gasteiger partial charge in [0.1, 0.15) is 5.75 Å². The van der Waals surface area contributed by atoms with E-state index < -0.39 is 4.92 Å². The van der Waals surface area contributed by atoms with Gasteiger partial charge in [0.25, 0.3) is 0 Å². The fourth-order valence-electron chi connectivity index (χ4n) is 1.38. The van der Waals surface area contributed by atoms with Crippen LogP contribution in [0.4, 0.5) is 5.69 Å². The predicted molar refractivity (Wildman–Crippen MR) is 72.3 cm³/mol. The summed E-state index contributed by atoms with van der Waals surface area (Å²) < 4.78 is 6.30. The maximum absolute atomic E-state index is 10.9. The van der Waals surface area contributed by atoms with Crippen LogP contribution in [0, 0.1) is 10.1 Å². The van der Waals surface area contributed by atoms with Crippen LogP contribution in [0.2, 0.25) is 5.02 Å². The first-order valence-corrected chi connectivity index (χ1v) is 6.11. The zero-order valence-electron chi connectivity index (χ0n) is 8.97. The Labute approximate surface area is 116 Å². The van der Waals surface area contributed by atoms with Crippen LogP contribution in [-0.4, -0.2) is 4.92 Å². The summed E-state index contributed by atoms with van der Waals surface area (Å²) in [5.74, 6) is 0.611. The minimum atomic E-state index is -0.510. The summed E-state index contributed by atoms with van der Waals surface area (Å²) >= 11 is 9.10. The lowest BCUT2D eigenvalue weighted by Crippen LogP contribution is -1.93. The minimum absolute atomic E-state index is 0.116. The topological polar surface area (TPSA) is 52.4 Å². The van der Waals surface area contributed by atoms with Crippen LogP contribution in [0.25, 0.3) is 0 Å². The molecule has 0 aromatic heterocycles. The second-order valence-electron chi connectivity index (χ2n) is 3.43. The van der Waals surface area contributed by atoms with Gasteiger partial charge in [-0.1, -0.05) is 33.6 Å². The van der Waals surface area contributed by atoms with Crippen LogP contribution in [0.1, 0.15) is 0 Å². The first-order chi connectivity index (χ1) is 8.56. The molecule has 0 fully saturated rings. The lowest BCUT2D eigenvalue weighted by Gasteiger charge is -2.06. The molecular weight excluding hydrogens is 321 g/mol. The summed E-state index contributed by atoms with van der Waals surface area (Å²) in [5.41, 5.74) is -0.126. The lowest BCUT2D eigenvalue weighted by molar-refractivity contribution is -0.385. The number of benzene rings is 2. The zero-order valence-corrected chi connectivity index (χ0v) is 11.3. The third kappa shape index (κ3) is 3.00. The smallest absolute Gasteiger partial charge is 0.311 e. The number of rotatable bonds is 3. The van der Waals surface area contributed by atoms with E-state index in [0.29, 0.717) is 10.8 Å². The standard InChI is InChI=1S/C12H7BrClNO3/c13-8-2-1-3-10(6-8)18-12-7-9(14)4-5-11(12)15(16)17/h1-7H. The van der Waals surface area contributed by atoms with Gasteiger partial charge in [-0.05, 0) is 24.3 Å². The van der Waals surface area contributed by atoms with E-state index in [0.717, 1.165) is 4.47 Å². The van der Waals surface area contributed by atoms with E-state index in [1.54, 1.807) is 18.2 Å². The van der Waals surface area contributed by atoms with E-state index >= 15 is 0 Å². The highest BCUT2D eigenvalue weighted by Gasteiger charge is 2.16. The van der Waals surface area contributed by atoms with Crippen LogP contribution < -0.4 is 4.74 Å². The average molecular weight is 329 g/mol. The molecule has 2 aromatic rings. The monoisotopic (exact) mass is 327 g/mol. The van der Waals surface area contributed by atoms with Crippen molar-refractivity contribution in [1.82, 2.24) is 0 Å². The average Bonchev–Trinajstić information content (AvgIpc) is 2.28. The third-order valence-corrected chi connectivity index (χ3v) is 2.87. The molecule has 2 rings (SSSR count). The molecule has 0 atom stereocenters. The molecule has 0 amide bonds. The molecule has 0 radical (unpaired) electrons. The van der Waals surface area contributed by atoms with Crippen molar-refractivity contribution >= 4 is 33.2 Å². The van der Waals surface area contributed by atoms with Crippen LogP contribution in [0.5, 0.6) is 11.5 Å². The second kappa shape index (κ2) is 5.37. The van der Waals surface area contributed by atoms with Crippen LogP contribution >= 0.6 is 27.5 Å². The van der Waals surface area contributed by atoms with Gasteiger partial charge >= 0.3 is 5.69 Å². The Morgan fingerprint density at radius 3 is 2.67 bits per heavy atom. The number of hydrogen-bond donors (Lipinski definition) is 0. The van der Waals surface area contributed by atoms with Gasteiger partial charge in [-0.2, -0.15) is 0 Å². The van der Waals surface area contributed by atoms with Gasteiger partial charge in [-0.15, -0.1) is 0 Å². The summed E-state index contributed by atoms with van der Waals surface area (Å²) in [4.78, 5) is 10.4. The normalized spacial score (nSPS) is 10.1. The van der Waals surface area contributed by atoms with Crippen molar-refractivity contribution in [1.29, 1.82) is 0 Å². The van der Waals surface area contributed by atoms with Gasteiger partial charge in [-0.25, -0.2) is 0 Å². The predicted octanol–water partition coefficient (Wildman–Crippen LogP) is 4.80. The van der Waals surface area contributed by atoms with Crippen LogP contribution in [-0.2, 0) is 0 Å². The van der Waals surface area contributed by atoms with E-state index in [9.17, 15) is 10.1 Å². The maximum atomic E-state index is 10.9. The lowest BCUT2D eigenvalue weighted by atomic mass is 10.3. The number of ether oxygens (including phenoxy) is 1. The summed E-state index contributed by atoms with van der Waals surface area (Å²) in [5, 5.41) is 11.2. The number of nitro benzene ring substituents is 1. The fraction of sp³-hybridized carbons (Fsp3) is 0. The van der Waals surface area contributed by atoms with Crippen molar-refractivity contribution in [2.24, 2.45) is 0 Å². The highest BCUT2D eigenvalue weighted by molar-refractivity contribution is 9.10. The van der Waals surface area contributed by atoms with Gasteiger partial charge < -0.3 is 4.74 Å². The molecule has 0 saturated carbocycles. The van der Waals surface area contributed by atoms with E-state index in [2.05, 4.69) is 15.9 Å². The van der Waals surface area contributed by atoms with Crippen molar-refractivity contribution in [3.8, 4) is 11.5 Å². The van der Waals surface area contributed by atoms with Crippen LogP contribution in [0.15, 0.2) is 46.9 Å². The molecule has 0 saturated heterocycles. The molecule has 0 heterocycles. The molecule has 18 heavy (non-hydrogen) atoms. The third-order valence-electron chi connectivity index (χ3n) is 2.14. The van der Waals surface area contributed by atoms with Gasteiger partial charge in [0.15, 0.2) is 0 Å². The Bertz CT molecular complexity index is 604. The van der Waals surface area contributed by atoms with Crippen molar-refractivity contribution in [2.45, 2.75) is 0 Å². The van der Waals surface area contributed by atoms with E-state index in [4.69, 9.17) is 16.3 Å². The van der Waals surface area contributed by atoms with Gasteiger partial charge in [0, 0.05) is 21.6 Å². The Balaban J connectivity index is 2.39. The molecule has 2 aromatic carbocycles. The number of nitrogens with zero attached hydrogens (tertiary/aromatic N) is 1. The zero-order chi connectivity index (χ0) is 13.1. The minimum Gasteiger partial charge on any atom is -0.450 e. The van der Waals surface area contributed by atoms with Gasteiger partial charge in [-0.3, -0.25) is 10.1 Å².